The van der Waals surface area contributed by atoms with Crippen LogP contribution in [-0.4, -0.2) is 23.2 Å². The summed E-state index contributed by atoms with van der Waals surface area (Å²) in [6.45, 7) is 4.31. The van der Waals surface area contributed by atoms with Crippen molar-refractivity contribution in [2.45, 2.75) is 45.4 Å². The van der Waals surface area contributed by atoms with Gasteiger partial charge in [-0.25, -0.2) is 0 Å². The molecule has 1 aromatic heterocycles. The second-order valence-corrected chi connectivity index (χ2v) is 5.89. The van der Waals surface area contributed by atoms with Crippen molar-refractivity contribution >= 4 is 22.8 Å². The summed E-state index contributed by atoms with van der Waals surface area (Å²) < 4.78 is 0. The van der Waals surface area contributed by atoms with Gasteiger partial charge in [0.25, 0.3) is 0 Å². The van der Waals surface area contributed by atoms with E-state index in [0.29, 0.717) is 37.2 Å². The van der Waals surface area contributed by atoms with Crippen LogP contribution in [-0.2, 0) is 9.63 Å². The van der Waals surface area contributed by atoms with E-state index in [-0.39, 0.29) is 17.5 Å². The maximum Gasteiger partial charge on any atom is 0.168 e. The molecule has 0 aliphatic heterocycles. The summed E-state index contributed by atoms with van der Waals surface area (Å²) in [5, 5.41) is 18.4. The minimum atomic E-state index is -0.0400. The molecule has 0 spiro atoms. The smallest absolute Gasteiger partial charge is 0.168 e. The minimum absolute atomic E-state index is 0.0400. The third kappa shape index (κ3) is 3.73. The monoisotopic (exact) mass is 307 g/mol. The molecule has 0 amide bonds. The van der Waals surface area contributed by atoms with E-state index in [1.165, 1.54) is 0 Å². The van der Waals surface area contributed by atoms with Crippen LogP contribution in [0.5, 0.6) is 0 Å². The molecular weight excluding hydrogens is 286 g/mol. The minimum Gasteiger partial charge on any atom is -0.511 e. The van der Waals surface area contributed by atoms with Crippen LogP contribution < -0.4 is 0 Å². The molecule has 0 radical (unpaired) electrons. The van der Waals surface area contributed by atoms with Crippen molar-refractivity contribution < 1.29 is 14.7 Å². The molecule has 114 valence electrons. The number of allylic oxidation sites excluding steroid dienone is 2. The fourth-order valence-corrected chi connectivity index (χ4v) is 3.30. The molecule has 4 nitrogen and oxygen atoms in total. The van der Waals surface area contributed by atoms with Gasteiger partial charge in [0.2, 0.25) is 0 Å². The zero-order valence-corrected chi connectivity index (χ0v) is 13.3. The Bertz CT molecular complexity index is 546. The number of aliphatic hydroxyl groups excluding tert-OH is 1. The van der Waals surface area contributed by atoms with Crippen LogP contribution in [0, 0.1) is 0 Å². The van der Waals surface area contributed by atoms with Crippen molar-refractivity contribution in [3.05, 3.63) is 33.7 Å². The number of Topliss-reactive ketones (excluding diaryl/α,β-unsaturated/α-hetero) is 1. The molecule has 1 atom stereocenters. The molecular formula is C16H21NO3S. The van der Waals surface area contributed by atoms with Gasteiger partial charge < -0.3 is 9.94 Å². The Balaban J connectivity index is 2.26. The van der Waals surface area contributed by atoms with Crippen molar-refractivity contribution in [2.24, 2.45) is 5.16 Å². The summed E-state index contributed by atoms with van der Waals surface area (Å²) >= 11 is 1.61. The molecule has 0 saturated carbocycles. The molecule has 0 fully saturated rings. The lowest BCUT2D eigenvalue weighted by Crippen LogP contribution is -2.23. The summed E-state index contributed by atoms with van der Waals surface area (Å²) in [5.41, 5.74) is 2.07. The highest BCUT2D eigenvalue weighted by molar-refractivity contribution is 7.08. The topological polar surface area (TPSA) is 58.9 Å². The molecule has 21 heavy (non-hydrogen) atoms. The van der Waals surface area contributed by atoms with Crippen LogP contribution >= 0.6 is 11.3 Å². The summed E-state index contributed by atoms with van der Waals surface area (Å²) in [5.74, 6) is 0.179. The number of carbonyl (C=O) groups is 1. The molecule has 1 aliphatic rings. The van der Waals surface area contributed by atoms with Gasteiger partial charge in [-0.1, -0.05) is 18.5 Å². The lowest BCUT2D eigenvalue weighted by atomic mass is 9.81. The largest absolute Gasteiger partial charge is 0.511 e. The first kappa shape index (κ1) is 15.8. The number of nitrogens with zero attached hydrogens (tertiary/aromatic N) is 1. The van der Waals surface area contributed by atoms with Crippen molar-refractivity contribution in [3.8, 4) is 0 Å². The molecule has 0 bridgehead atoms. The van der Waals surface area contributed by atoms with Gasteiger partial charge in [0, 0.05) is 12.8 Å². The zero-order chi connectivity index (χ0) is 15.2. The summed E-state index contributed by atoms with van der Waals surface area (Å²) in [7, 11) is 0. The molecule has 5 heteroatoms. The van der Waals surface area contributed by atoms with Gasteiger partial charge in [-0.15, -0.1) is 0 Å². The predicted molar refractivity (Wildman–Crippen MR) is 84.9 cm³/mol. The Morgan fingerprint density at radius 2 is 2.29 bits per heavy atom. The van der Waals surface area contributed by atoms with E-state index in [1.54, 1.807) is 11.3 Å². The maximum absolute atomic E-state index is 12.4. The SMILES string of the molecule is CCC/C(=N\OCC)C1=C(O)CC(c2ccsc2)CC1=O. The second-order valence-electron chi connectivity index (χ2n) is 5.11. The van der Waals surface area contributed by atoms with Crippen LogP contribution in [0.25, 0.3) is 0 Å². The lowest BCUT2D eigenvalue weighted by molar-refractivity contribution is -0.116. The van der Waals surface area contributed by atoms with Gasteiger partial charge in [-0.3, -0.25) is 4.79 Å². The first-order valence-corrected chi connectivity index (χ1v) is 8.28. The van der Waals surface area contributed by atoms with E-state index < -0.39 is 0 Å². The molecule has 0 saturated heterocycles. The number of carbonyl (C=O) groups excluding carboxylic acids is 1. The highest BCUT2D eigenvalue weighted by atomic mass is 32.1. The fraction of sp³-hybridized carbons (Fsp3) is 0.500. The molecule has 1 unspecified atom stereocenters. The zero-order valence-electron chi connectivity index (χ0n) is 12.5. The second kappa shape index (κ2) is 7.41. The standard InChI is InChI=1S/C16H21NO3S/c1-3-5-13(17-20-4-2)16-14(18)8-12(9-15(16)19)11-6-7-21-10-11/h6-7,10,12,18H,3-5,8-9H2,1-2H3/b17-13+. The van der Waals surface area contributed by atoms with E-state index >= 15 is 0 Å². The van der Waals surface area contributed by atoms with Gasteiger partial charge in [0.05, 0.1) is 11.3 Å². The number of aliphatic hydroxyl groups is 1. The molecule has 0 aromatic carbocycles. The van der Waals surface area contributed by atoms with Gasteiger partial charge in [-0.05, 0) is 41.7 Å². The fourth-order valence-electron chi connectivity index (χ4n) is 2.56. The average Bonchev–Trinajstić information content (AvgIpc) is 2.98. The van der Waals surface area contributed by atoms with Crippen molar-refractivity contribution in [1.29, 1.82) is 0 Å². The molecule has 1 aromatic rings. The highest BCUT2D eigenvalue weighted by Crippen LogP contribution is 2.35. The Morgan fingerprint density at radius 3 is 2.86 bits per heavy atom. The van der Waals surface area contributed by atoms with E-state index in [4.69, 9.17) is 4.84 Å². The van der Waals surface area contributed by atoms with Gasteiger partial charge in [-0.2, -0.15) is 11.3 Å². The van der Waals surface area contributed by atoms with Crippen molar-refractivity contribution in [3.63, 3.8) is 0 Å². The van der Waals surface area contributed by atoms with Crippen molar-refractivity contribution in [1.82, 2.24) is 0 Å². The Hall–Kier alpha value is -1.62. The number of hydrogen-bond acceptors (Lipinski definition) is 5. The molecule has 2 rings (SSSR count). The molecule has 1 heterocycles. The van der Waals surface area contributed by atoms with Crippen LogP contribution in [0.4, 0.5) is 0 Å². The number of oxime groups is 1. The Kier molecular flexibility index (Phi) is 5.56. The van der Waals surface area contributed by atoms with Crippen LogP contribution in [0.15, 0.2) is 33.3 Å². The van der Waals surface area contributed by atoms with Gasteiger partial charge in [0.15, 0.2) is 5.78 Å². The lowest BCUT2D eigenvalue weighted by Gasteiger charge is -2.23. The van der Waals surface area contributed by atoms with Gasteiger partial charge >= 0.3 is 0 Å². The van der Waals surface area contributed by atoms with E-state index in [9.17, 15) is 9.90 Å². The predicted octanol–water partition coefficient (Wildman–Crippen LogP) is 4.20. The quantitative estimate of drug-likeness (QED) is 0.633. The number of ketones is 1. The molecule has 1 N–H and O–H groups in total. The van der Waals surface area contributed by atoms with Gasteiger partial charge in [0.1, 0.15) is 12.4 Å². The third-order valence-corrected chi connectivity index (χ3v) is 4.23. The van der Waals surface area contributed by atoms with E-state index in [1.807, 2.05) is 30.7 Å². The van der Waals surface area contributed by atoms with Crippen molar-refractivity contribution in [2.75, 3.05) is 6.61 Å². The van der Waals surface area contributed by atoms with E-state index in [0.717, 1.165) is 12.0 Å². The Morgan fingerprint density at radius 1 is 1.48 bits per heavy atom. The molecule has 1 aliphatic carbocycles. The average molecular weight is 307 g/mol. The third-order valence-electron chi connectivity index (χ3n) is 3.53. The van der Waals surface area contributed by atoms with Crippen LogP contribution in [0.3, 0.4) is 0 Å². The summed E-state index contributed by atoms with van der Waals surface area (Å²) in [6, 6.07) is 2.02. The van der Waals surface area contributed by atoms with E-state index in [2.05, 4.69) is 5.16 Å². The normalized spacial score (nSPS) is 20.0. The summed E-state index contributed by atoms with van der Waals surface area (Å²) in [6.07, 6.45) is 2.40. The first-order valence-electron chi connectivity index (χ1n) is 7.33. The number of rotatable bonds is 6. The maximum atomic E-state index is 12.4. The van der Waals surface area contributed by atoms with Crippen LogP contribution in [0.1, 0.15) is 51.0 Å². The summed E-state index contributed by atoms with van der Waals surface area (Å²) in [4.78, 5) is 17.5. The first-order chi connectivity index (χ1) is 10.2. The number of hydrogen-bond donors (Lipinski definition) is 1. The Labute approximate surface area is 129 Å². The number of thiophene rings is 1. The highest BCUT2D eigenvalue weighted by Gasteiger charge is 2.31. The van der Waals surface area contributed by atoms with Crippen LogP contribution in [0.2, 0.25) is 0 Å².